The average Bonchev–Trinajstić information content (AvgIpc) is 3.35. The van der Waals surface area contributed by atoms with E-state index in [1.54, 1.807) is 24.3 Å². The van der Waals surface area contributed by atoms with E-state index >= 15 is 0 Å². The molecule has 1 N–H and O–H groups in total. The fourth-order valence-electron chi connectivity index (χ4n) is 4.92. The van der Waals surface area contributed by atoms with Crippen LogP contribution in [0.4, 0.5) is 5.69 Å². The molecule has 2 saturated carbocycles. The van der Waals surface area contributed by atoms with E-state index < -0.39 is 48.7 Å². The Kier molecular flexibility index (Phi) is 6.12. The summed E-state index contributed by atoms with van der Waals surface area (Å²) in [5.41, 5.74) is 0.449. The van der Waals surface area contributed by atoms with Crippen LogP contribution in [0.2, 0.25) is 0 Å². The van der Waals surface area contributed by atoms with Gasteiger partial charge in [0.05, 0.1) is 34.9 Å². The van der Waals surface area contributed by atoms with Crippen LogP contribution in [0.25, 0.3) is 0 Å². The molecule has 1 aromatic carbocycles. The van der Waals surface area contributed by atoms with Gasteiger partial charge in [-0.2, -0.15) is 0 Å². The number of rotatable bonds is 7. The predicted molar refractivity (Wildman–Crippen MR) is 112 cm³/mol. The van der Waals surface area contributed by atoms with Gasteiger partial charge in [0, 0.05) is 0 Å². The van der Waals surface area contributed by atoms with Crippen molar-refractivity contribution in [2.24, 2.45) is 23.7 Å². The van der Waals surface area contributed by atoms with Crippen LogP contribution in [0.15, 0.2) is 24.3 Å². The van der Waals surface area contributed by atoms with E-state index in [2.05, 4.69) is 5.32 Å². The first kappa shape index (κ1) is 21.9. The molecule has 3 fully saturated rings. The molecule has 8 nitrogen and oxygen atoms in total. The van der Waals surface area contributed by atoms with Gasteiger partial charge in [0.15, 0.2) is 6.61 Å². The molecule has 0 unspecified atom stereocenters. The number of carbonyl (C=O) groups is 4. The summed E-state index contributed by atoms with van der Waals surface area (Å²) in [6.07, 6.45) is 0.650. The molecule has 1 aromatic rings. The quantitative estimate of drug-likeness (QED) is 0.373. The minimum atomic E-state index is -0.841. The number of halogens is 2. The molecule has 6 atom stereocenters. The van der Waals surface area contributed by atoms with Gasteiger partial charge in [-0.15, -0.1) is 23.2 Å². The molecule has 1 saturated heterocycles. The number of nitrogens with zero attached hydrogens (tertiary/aromatic N) is 1. The number of hydrogen-bond acceptors (Lipinski definition) is 6. The predicted octanol–water partition coefficient (Wildman–Crippen LogP) is 2.03. The van der Waals surface area contributed by atoms with E-state index in [1.807, 2.05) is 6.92 Å². The Morgan fingerprint density at radius 2 is 1.71 bits per heavy atom. The first-order valence-corrected chi connectivity index (χ1v) is 11.0. The van der Waals surface area contributed by atoms with E-state index in [1.165, 1.54) is 0 Å². The monoisotopic (exact) mass is 468 g/mol. The zero-order chi connectivity index (χ0) is 22.3. The summed E-state index contributed by atoms with van der Waals surface area (Å²) in [4.78, 5) is 50.8. The number of alkyl halides is 2. The van der Waals surface area contributed by atoms with Crippen LogP contribution in [0, 0.1) is 23.7 Å². The van der Waals surface area contributed by atoms with Crippen LogP contribution >= 0.6 is 23.2 Å². The van der Waals surface area contributed by atoms with Crippen LogP contribution in [0.1, 0.15) is 13.3 Å². The van der Waals surface area contributed by atoms with Crippen LogP contribution in [-0.4, -0.2) is 59.1 Å². The highest BCUT2D eigenvalue weighted by molar-refractivity contribution is 6.31. The maximum Gasteiger partial charge on any atom is 0.326 e. The number of carbonyl (C=O) groups excluding carboxylic acids is 4. The third-order valence-electron chi connectivity index (χ3n) is 6.19. The minimum Gasteiger partial charge on any atom is -0.492 e. The van der Waals surface area contributed by atoms with Crippen molar-refractivity contribution in [3.05, 3.63) is 24.3 Å². The van der Waals surface area contributed by atoms with E-state index in [9.17, 15) is 19.2 Å². The Balaban J connectivity index is 1.31. The SMILES string of the molecule is CCOc1ccccc1NC(=O)COC(=O)CN1C(=O)[C@@H]2[C@H]3C[C@@H]([C@H](Cl)[C@H]3Cl)[C@H]2C1=O. The molecule has 0 aromatic heterocycles. The first-order chi connectivity index (χ1) is 14.8. The zero-order valence-electron chi connectivity index (χ0n) is 16.8. The molecule has 1 heterocycles. The average molecular weight is 469 g/mol. The lowest BCUT2D eigenvalue weighted by Gasteiger charge is -2.28. The molecule has 2 bridgehead atoms. The second-order valence-electron chi connectivity index (χ2n) is 7.90. The highest BCUT2D eigenvalue weighted by Gasteiger charge is 2.66. The summed E-state index contributed by atoms with van der Waals surface area (Å²) < 4.78 is 10.4. The fourth-order valence-corrected chi connectivity index (χ4v) is 5.82. The number of nitrogens with one attached hydrogen (secondary N) is 1. The van der Waals surface area contributed by atoms with Crippen LogP contribution in [0.5, 0.6) is 5.75 Å². The summed E-state index contributed by atoms with van der Waals surface area (Å²) in [5, 5.41) is 1.88. The Hall–Kier alpha value is -2.32. The highest BCUT2D eigenvalue weighted by Crippen LogP contribution is 2.59. The number of fused-ring (bicyclic) bond motifs is 5. The van der Waals surface area contributed by atoms with Crippen molar-refractivity contribution in [3.8, 4) is 5.75 Å². The molecule has 2 aliphatic carbocycles. The maximum absolute atomic E-state index is 12.8. The second kappa shape index (κ2) is 8.67. The van der Waals surface area contributed by atoms with Gasteiger partial charge in [0.1, 0.15) is 12.3 Å². The lowest BCUT2D eigenvalue weighted by molar-refractivity contribution is -0.154. The number of ether oxygens (including phenoxy) is 2. The highest BCUT2D eigenvalue weighted by atomic mass is 35.5. The number of likely N-dealkylation sites (tertiary alicyclic amines) is 1. The summed E-state index contributed by atoms with van der Waals surface area (Å²) in [7, 11) is 0. The van der Waals surface area contributed by atoms with Crippen molar-refractivity contribution in [2.45, 2.75) is 24.1 Å². The Labute approximate surface area is 189 Å². The molecule has 0 spiro atoms. The molecule has 4 rings (SSSR count). The van der Waals surface area contributed by atoms with Crippen LogP contribution < -0.4 is 10.1 Å². The van der Waals surface area contributed by atoms with Crippen molar-refractivity contribution >= 4 is 52.6 Å². The first-order valence-electron chi connectivity index (χ1n) is 10.1. The lowest BCUT2D eigenvalue weighted by atomic mass is 9.80. The van der Waals surface area contributed by atoms with Gasteiger partial charge in [-0.1, -0.05) is 12.1 Å². The summed E-state index contributed by atoms with van der Waals surface area (Å²) in [6, 6.07) is 6.87. The molecular weight excluding hydrogens is 447 g/mol. The third kappa shape index (κ3) is 3.87. The molecule has 10 heteroatoms. The Bertz CT molecular complexity index is 893. The van der Waals surface area contributed by atoms with E-state index in [0.29, 0.717) is 24.5 Å². The molecule has 166 valence electrons. The Morgan fingerprint density at radius 1 is 1.10 bits per heavy atom. The molecule has 3 aliphatic rings. The van der Waals surface area contributed by atoms with Gasteiger partial charge in [0.25, 0.3) is 5.91 Å². The lowest BCUT2D eigenvalue weighted by Crippen LogP contribution is -2.38. The third-order valence-corrected chi connectivity index (χ3v) is 7.51. The van der Waals surface area contributed by atoms with E-state index in [-0.39, 0.29) is 22.6 Å². The van der Waals surface area contributed by atoms with Crippen molar-refractivity contribution in [2.75, 3.05) is 25.1 Å². The Morgan fingerprint density at radius 3 is 2.32 bits per heavy atom. The normalized spacial score (nSPS) is 31.0. The number of benzene rings is 1. The van der Waals surface area contributed by atoms with E-state index in [0.717, 1.165) is 4.90 Å². The molecule has 31 heavy (non-hydrogen) atoms. The largest absolute Gasteiger partial charge is 0.492 e. The smallest absolute Gasteiger partial charge is 0.326 e. The molecule has 0 radical (unpaired) electrons. The van der Waals surface area contributed by atoms with Crippen molar-refractivity contribution in [3.63, 3.8) is 0 Å². The topological polar surface area (TPSA) is 102 Å². The van der Waals surface area contributed by atoms with Gasteiger partial charge >= 0.3 is 5.97 Å². The molecular formula is C21H22Cl2N2O6. The summed E-state index contributed by atoms with van der Waals surface area (Å²) >= 11 is 12.6. The number of anilines is 1. The summed E-state index contributed by atoms with van der Waals surface area (Å²) in [5.74, 6) is -3.11. The van der Waals surface area contributed by atoms with E-state index in [4.69, 9.17) is 32.7 Å². The van der Waals surface area contributed by atoms with Gasteiger partial charge in [-0.3, -0.25) is 24.1 Å². The zero-order valence-corrected chi connectivity index (χ0v) is 18.3. The summed E-state index contributed by atoms with van der Waals surface area (Å²) in [6.45, 7) is 1.16. The number of para-hydroxylation sites is 2. The molecule has 3 amide bonds. The van der Waals surface area contributed by atoms with Gasteiger partial charge in [-0.05, 0) is 37.3 Å². The van der Waals surface area contributed by atoms with Crippen molar-refractivity contribution in [1.29, 1.82) is 0 Å². The van der Waals surface area contributed by atoms with Gasteiger partial charge in [-0.25, -0.2) is 0 Å². The van der Waals surface area contributed by atoms with Gasteiger partial charge < -0.3 is 14.8 Å². The number of amides is 3. The second-order valence-corrected chi connectivity index (χ2v) is 8.91. The molecule has 1 aliphatic heterocycles. The van der Waals surface area contributed by atoms with Crippen LogP contribution in [0.3, 0.4) is 0 Å². The number of hydrogen-bond donors (Lipinski definition) is 1. The van der Waals surface area contributed by atoms with Crippen LogP contribution in [-0.2, 0) is 23.9 Å². The maximum atomic E-state index is 12.8. The fraction of sp³-hybridized carbons (Fsp3) is 0.524. The minimum absolute atomic E-state index is 0.159. The standard InChI is InChI=1S/C21H22Cl2N2O6/c1-2-30-13-6-4-3-5-12(13)24-14(26)9-31-15(27)8-25-20(28)16-10-7-11(17(16)21(25)29)19(23)18(10)22/h3-6,10-11,16-19H,2,7-9H2,1H3,(H,24,26)/t10-,11-,16-,17-,18+,19+/m1/s1. The number of esters is 1. The number of imide groups is 1. The van der Waals surface area contributed by atoms with Crippen molar-refractivity contribution < 1.29 is 28.7 Å². The van der Waals surface area contributed by atoms with Crippen molar-refractivity contribution in [1.82, 2.24) is 4.90 Å². The van der Waals surface area contributed by atoms with Gasteiger partial charge in [0.2, 0.25) is 11.8 Å².